The maximum Gasteiger partial charge on any atom is 0.322 e. The quantitative estimate of drug-likeness (QED) is 0.478. The third kappa shape index (κ3) is 2.50. The second kappa shape index (κ2) is 4.71. The lowest BCUT2D eigenvalue weighted by atomic mass is 10.0. The molecule has 70 valence electrons. The molecule has 0 saturated heterocycles. The summed E-state index contributed by atoms with van der Waals surface area (Å²) in [7, 11) is 2.48. The molecule has 0 spiro atoms. The van der Waals surface area contributed by atoms with Gasteiger partial charge in [0.25, 0.3) is 0 Å². The lowest BCUT2D eigenvalue weighted by Crippen LogP contribution is -2.35. The van der Waals surface area contributed by atoms with E-state index in [1.165, 1.54) is 14.0 Å². The van der Waals surface area contributed by atoms with Gasteiger partial charge in [-0.3, -0.25) is 9.59 Å². The summed E-state index contributed by atoms with van der Waals surface area (Å²) in [5.74, 6) is -3.28. The molecule has 0 radical (unpaired) electrons. The van der Waals surface area contributed by atoms with Crippen LogP contribution in [0.3, 0.4) is 0 Å². The summed E-state index contributed by atoms with van der Waals surface area (Å²) in [4.78, 5) is 21.4. The number of methoxy groups -OCH3 is 2. The van der Waals surface area contributed by atoms with E-state index in [0.29, 0.717) is 0 Å². The number of esters is 1. The topological polar surface area (TPSA) is 72.8 Å². The van der Waals surface area contributed by atoms with Crippen LogP contribution in [0.2, 0.25) is 0 Å². The van der Waals surface area contributed by atoms with Crippen LogP contribution in [0.25, 0.3) is 0 Å². The van der Waals surface area contributed by atoms with Gasteiger partial charge in [-0.2, -0.15) is 0 Å². The highest BCUT2D eigenvalue weighted by atomic mass is 16.5. The Morgan fingerprint density at radius 2 is 1.83 bits per heavy atom. The number of carboxylic acid groups (broad SMARTS) is 1. The maximum atomic E-state index is 10.9. The molecule has 0 aliphatic rings. The summed E-state index contributed by atoms with van der Waals surface area (Å²) in [6, 6.07) is 0. The zero-order valence-electron chi connectivity index (χ0n) is 7.23. The molecular formula is C7H12O5. The van der Waals surface area contributed by atoms with Crippen molar-refractivity contribution >= 4 is 11.9 Å². The first kappa shape index (κ1) is 10.9. The fourth-order valence-corrected chi connectivity index (χ4v) is 0.756. The molecule has 1 N–H and O–H groups in total. The number of hydrogen-bond donors (Lipinski definition) is 1. The number of ether oxygens (including phenoxy) is 2. The second-order valence-corrected chi connectivity index (χ2v) is 2.28. The summed E-state index contributed by atoms with van der Waals surface area (Å²) < 4.78 is 9.01. The van der Waals surface area contributed by atoms with Crippen molar-refractivity contribution < 1.29 is 24.2 Å². The van der Waals surface area contributed by atoms with Gasteiger partial charge in [0.2, 0.25) is 0 Å². The van der Waals surface area contributed by atoms with Crippen LogP contribution in [0, 0.1) is 5.92 Å². The average molecular weight is 176 g/mol. The predicted molar refractivity (Wildman–Crippen MR) is 39.6 cm³/mol. The molecule has 0 unspecified atom stereocenters. The molecule has 0 rings (SSSR count). The molecule has 0 aromatic rings. The third-order valence-corrected chi connectivity index (χ3v) is 1.56. The van der Waals surface area contributed by atoms with E-state index in [-0.39, 0.29) is 0 Å². The fraction of sp³-hybridized carbons (Fsp3) is 0.714. The largest absolute Gasteiger partial charge is 0.481 e. The van der Waals surface area contributed by atoms with E-state index in [2.05, 4.69) is 4.74 Å². The van der Waals surface area contributed by atoms with E-state index in [1.807, 2.05) is 0 Å². The molecule has 5 nitrogen and oxygen atoms in total. The molecule has 12 heavy (non-hydrogen) atoms. The standard InChI is InChI=1S/C7H12O5/c1-4(11-2)5(6(8)9)7(10)12-3/h4-5H,1-3H3,(H,8,9)/t4-,5+/m1/s1. The number of hydrogen-bond acceptors (Lipinski definition) is 4. The summed E-state index contributed by atoms with van der Waals surface area (Å²) in [6.45, 7) is 1.50. The van der Waals surface area contributed by atoms with Crippen LogP contribution in [0.1, 0.15) is 6.92 Å². The minimum absolute atomic E-state index is 0.685. The summed E-state index contributed by atoms with van der Waals surface area (Å²) in [5.41, 5.74) is 0. The van der Waals surface area contributed by atoms with Gasteiger partial charge < -0.3 is 14.6 Å². The Balaban J connectivity index is 4.43. The highest BCUT2D eigenvalue weighted by Crippen LogP contribution is 2.08. The molecule has 0 aliphatic heterocycles. The van der Waals surface area contributed by atoms with Crippen LogP contribution in [-0.4, -0.2) is 37.4 Å². The van der Waals surface area contributed by atoms with Crippen molar-refractivity contribution in [1.82, 2.24) is 0 Å². The molecule has 0 bridgehead atoms. The van der Waals surface area contributed by atoms with Crippen LogP contribution < -0.4 is 0 Å². The minimum Gasteiger partial charge on any atom is -0.481 e. The first-order chi connectivity index (χ1) is 5.54. The first-order valence-electron chi connectivity index (χ1n) is 3.38. The van der Waals surface area contributed by atoms with Crippen molar-refractivity contribution in [2.24, 2.45) is 5.92 Å². The van der Waals surface area contributed by atoms with Crippen molar-refractivity contribution in [3.8, 4) is 0 Å². The Hall–Kier alpha value is -1.10. The Morgan fingerprint density at radius 1 is 1.33 bits per heavy atom. The van der Waals surface area contributed by atoms with Gasteiger partial charge in [-0.1, -0.05) is 0 Å². The number of aliphatic carboxylic acids is 1. The van der Waals surface area contributed by atoms with Crippen molar-refractivity contribution in [1.29, 1.82) is 0 Å². The summed E-state index contributed by atoms with van der Waals surface area (Å²) in [5, 5.41) is 8.60. The molecule has 0 heterocycles. The van der Waals surface area contributed by atoms with E-state index in [1.54, 1.807) is 0 Å². The number of carbonyl (C=O) groups is 2. The lowest BCUT2D eigenvalue weighted by Gasteiger charge is -2.15. The highest BCUT2D eigenvalue weighted by Gasteiger charge is 2.33. The number of carboxylic acids is 1. The van der Waals surface area contributed by atoms with Gasteiger partial charge >= 0.3 is 11.9 Å². The molecule has 5 heteroatoms. The fourth-order valence-electron chi connectivity index (χ4n) is 0.756. The van der Waals surface area contributed by atoms with E-state index in [9.17, 15) is 9.59 Å². The van der Waals surface area contributed by atoms with E-state index in [0.717, 1.165) is 7.11 Å². The van der Waals surface area contributed by atoms with E-state index < -0.39 is 24.0 Å². The third-order valence-electron chi connectivity index (χ3n) is 1.56. The Bertz CT molecular complexity index is 177. The van der Waals surface area contributed by atoms with Gasteiger partial charge in [-0.25, -0.2) is 0 Å². The van der Waals surface area contributed by atoms with Crippen LogP contribution in [0.4, 0.5) is 0 Å². The predicted octanol–water partition coefficient (Wildman–Crippen LogP) is -0.105. The zero-order chi connectivity index (χ0) is 9.72. The molecule has 0 aromatic carbocycles. The molecule has 0 amide bonds. The SMILES string of the molecule is COC(=O)[C@H](C(=O)O)[C@@H](C)OC. The van der Waals surface area contributed by atoms with Crippen molar-refractivity contribution in [2.75, 3.05) is 14.2 Å². The highest BCUT2D eigenvalue weighted by molar-refractivity contribution is 5.94. The average Bonchev–Trinajstić information content (AvgIpc) is 2.03. The van der Waals surface area contributed by atoms with Gasteiger partial charge in [-0.15, -0.1) is 0 Å². The van der Waals surface area contributed by atoms with Crippen molar-refractivity contribution in [3.63, 3.8) is 0 Å². The molecule has 0 aromatic heterocycles. The smallest absolute Gasteiger partial charge is 0.322 e. The molecule has 0 aliphatic carbocycles. The van der Waals surface area contributed by atoms with Gasteiger partial charge in [0.15, 0.2) is 5.92 Å². The Morgan fingerprint density at radius 3 is 2.08 bits per heavy atom. The molecule has 0 fully saturated rings. The normalized spacial score (nSPS) is 14.9. The lowest BCUT2D eigenvalue weighted by molar-refractivity contribution is -0.162. The molecule has 0 saturated carbocycles. The second-order valence-electron chi connectivity index (χ2n) is 2.28. The van der Waals surface area contributed by atoms with E-state index in [4.69, 9.17) is 9.84 Å². The first-order valence-corrected chi connectivity index (χ1v) is 3.38. The van der Waals surface area contributed by atoms with Crippen LogP contribution in [0.5, 0.6) is 0 Å². The maximum absolute atomic E-state index is 10.9. The van der Waals surface area contributed by atoms with Crippen LogP contribution >= 0.6 is 0 Å². The number of rotatable bonds is 4. The zero-order valence-corrected chi connectivity index (χ0v) is 7.23. The van der Waals surface area contributed by atoms with Crippen molar-refractivity contribution in [3.05, 3.63) is 0 Å². The Labute approximate surface area is 70.3 Å². The summed E-state index contributed by atoms with van der Waals surface area (Å²) >= 11 is 0. The monoisotopic (exact) mass is 176 g/mol. The Kier molecular flexibility index (Phi) is 4.28. The van der Waals surface area contributed by atoms with Gasteiger partial charge in [0.05, 0.1) is 13.2 Å². The van der Waals surface area contributed by atoms with Crippen molar-refractivity contribution in [2.45, 2.75) is 13.0 Å². The minimum atomic E-state index is -1.25. The van der Waals surface area contributed by atoms with Gasteiger partial charge in [0, 0.05) is 7.11 Å². The molecular weight excluding hydrogens is 164 g/mol. The van der Waals surface area contributed by atoms with Crippen LogP contribution in [-0.2, 0) is 19.1 Å². The van der Waals surface area contributed by atoms with Gasteiger partial charge in [0.1, 0.15) is 0 Å². The summed E-state index contributed by atoms with van der Waals surface area (Å²) in [6.07, 6.45) is -0.685. The van der Waals surface area contributed by atoms with E-state index >= 15 is 0 Å². The van der Waals surface area contributed by atoms with Crippen LogP contribution in [0.15, 0.2) is 0 Å². The number of carbonyl (C=O) groups excluding carboxylic acids is 1. The van der Waals surface area contributed by atoms with Gasteiger partial charge in [-0.05, 0) is 6.92 Å². The molecule has 2 atom stereocenters.